The summed E-state index contributed by atoms with van der Waals surface area (Å²) in [4.78, 5) is 0. The maximum atomic E-state index is 12.3. The highest BCUT2D eigenvalue weighted by atomic mass is 32.2. The Morgan fingerprint density at radius 1 is 1.29 bits per heavy atom. The maximum absolute atomic E-state index is 12.3. The normalized spacial score (nSPS) is 20.6. The highest BCUT2D eigenvalue weighted by molar-refractivity contribution is 7.92. The smallest absolute Gasteiger partial charge is 0.163 e. The molecule has 2 rings (SSSR count). The van der Waals surface area contributed by atoms with E-state index in [2.05, 4.69) is 0 Å². The fourth-order valence-corrected chi connectivity index (χ4v) is 5.91. The van der Waals surface area contributed by atoms with Gasteiger partial charge in [0, 0.05) is 0 Å². The lowest BCUT2D eigenvalue weighted by Crippen LogP contribution is -2.29. The van der Waals surface area contributed by atoms with Gasteiger partial charge >= 0.3 is 0 Å². The van der Waals surface area contributed by atoms with Gasteiger partial charge in [-0.1, -0.05) is 30.6 Å². The van der Waals surface area contributed by atoms with E-state index in [4.69, 9.17) is 0 Å². The van der Waals surface area contributed by atoms with Crippen LogP contribution in [0.5, 0.6) is 5.75 Å². The third kappa shape index (κ3) is 5.04. The summed E-state index contributed by atoms with van der Waals surface area (Å²) in [6, 6.07) is 3.82. The highest BCUT2D eigenvalue weighted by Gasteiger charge is 2.40. The number of aliphatic hydroxyl groups is 2. The summed E-state index contributed by atoms with van der Waals surface area (Å²) in [5.74, 6) is 0.248. The fourth-order valence-electron chi connectivity index (χ4n) is 3.98. The monoisotopic (exact) mass is 408 g/mol. The standard InChI is InChI=1S/C22H32O5S/c1-5-6-18-13-28(26,27)20(12-23)21(18)19(24)8-7-14(2)9-17-10-15(3)22(25)16(4)11-17/h9-11,19-20,23-25H,5-8,12-13H2,1-4H3/b14-9+/t19-,20+/m1/s1. The molecule has 28 heavy (non-hydrogen) atoms. The molecular weight excluding hydrogens is 376 g/mol. The molecule has 0 bridgehead atoms. The lowest BCUT2D eigenvalue weighted by Gasteiger charge is -2.19. The van der Waals surface area contributed by atoms with Crippen molar-refractivity contribution < 1.29 is 23.7 Å². The minimum Gasteiger partial charge on any atom is -0.507 e. The van der Waals surface area contributed by atoms with E-state index in [1.54, 1.807) is 0 Å². The van der Waals surface area contributed by atoms with Gasteiger partial charge in [0.25, 0.3) is 0 Å². The van der Waals surface area contributed by atoms with Crippen molar-refractivity contribution in [1.29, 1.82) is 0 Å². The average molecular weight is 409 g/mol. The van der Waals surface area contributed by atoms with Gasteiger partial charge in [-0.15, -0.1) is 0 Å². The van der Waals surface area contributed by atoms with Gasteiger partial charge in [-0.3, -0.25) is 0 Å². The molecule has 5 nitrogen and oxygen atoms in total. The number of benzene rings is 1. The van der Waals surface area contributed by atoms with Crippen molar-refractivity contribution in [1.82, 2.24) is 0 Å². The van der Waals surface area contributed by atoms with Crippen LogP contribution in [0.25, 0.3) is 6.08 Å². The Hall–Kier alpha value is -1.63. The van der Waals surface area contributed by atoms with Crippen LogP contribution in [0, 0.1) is 13.8 Å². The molecule has 0 unspecified atom stereocenters. The van der Waals surface area contributed by atoms with E-state index in [-0.39, 0.29) is 5.75 Å². The number of rotatable bonds is 8. The Morgan fingerprint density at radius 3 is 2.43 bits per heavy atom. The Balaban J connectivity index is 2.15. The van der Waals surface area contributed by atoms with Gasteiger partial charge in [0.15, 0.2) is 9.84 Å². The molecule has 0 fully saturated rings. The third-order valence-electron chi connectivity index (χ3n) is 5.38. The maximum Gasteiger partial charge on any atom is 0.163 e. The lowest BCUT2D eigenvalue weighted by molar-refractivity contribution is 0.188. The molecule has 1 aliphatic heterocycles. The van der Waals surface area contributed by atoms with Gasteiger partial charge in [0.2, 0.25) is 0 Å². The van der Waals surface area contributed by atoms with E-state index < -0.39 is 27.8 Å². The van der Waals surface area contributed by atoms with Crippen molar-refractivity contribution in [3.05, 3.63) is 45.5 Å². The summed E-state index contributed by atoms with van der Waals surface area (Å²) in [6.45, 7) is 7.18. The second-order valence-corrected chi connectivity index (χ2v) is 10.0. The molecule has 0 saturated carbocycles. The Kier molecular flexibility index (Phi) is 7.48. The first-order chi connectivity index (χ1) is 13.1. The van der Waals surface area contributed by atoms with Gasteiger partial charge in [-0.2, -0.15) is 0 Å². The van der Waals surface area contributed by atoms with E-state index in [1.165, 1.54) is 0 Å². The molecule has 3 N–H and O–H groups in total. The van der Waals surface area contributed by atoms with Gasteiger partial charge in [-0.05, 0) is 74.4 Å². The Labute approximate surface area is 168 Å². The number of hydrogen-bond donors (Lipinski definition) is 3. The molecule has 0 aliphatic carbocycles. The molecule has 156 valence electrons. The molecule has 0 radical (unpaired) electrons. The molecule has 6 heteroatoms. The van der Waals surface area contributed by atoms with Crippen LogP contribution < -0.4 is 0 Å². The van der Waals surface area contributed by atoms with Crippen LogP contribution in [0.15, 0.2) is 28.9 Å². The predicted octanol–water partition coefficient (Wildman–Crippen LogP) is 3.44. The topological polar surface area (TPSA) is 94.8 Å². The predicted molar refractivity (Wildman–Crippen MR) is 113 cm³/mol. The van der Waals surface area contributed by atoms with E-state index in [1.807, 2.05) is 45.9 Å². The molecule has 1 heterocycles. The SMILES string of the molecule is CCCC1=C([C@H](O)CC/C(C)=C/c2cc(C)c(O)c(C)c2)[C@H](CO)S(=O)(=O)C1. The number of phenolic OH excluding ortho intramolecular Hbond substituents is 1. The molecule has 0 spiro atoms. The Morgan fingerprint density at radius 2 is 1.89 bits per heavy atom. The van der Waals surface area contributed by atoms with Crippen molar-refractivity contribution in [2.24, 2.45) is 0 Å². The van der Waals surface area contributed by atoms with E-state index in [0.29, 0.717) is 30.6 Å². The van der Waals surface area contributed by atoms with Crippen LogP contribution >= 0.6 is 0 Å². The molecule has 2 atom stereocenters. The number of hydrogen-bond acceptors (Lipinski definition) is 5. The zero-order valence-corrected chi connectivity index (χ0v) is 18.0. The van der Waals surface area contributed by atoms with Crippen LogP contribution in [0.4, 0.5) is 0 Å². The molecule has 1 aromatic rings. The summed E-state index contributed by atoms with van der Waals surface area (Å²) in [7, 11) is -3.43. The van der Waals surface area contributed by atoms with E-state index >= 15 is 0 Å². The first-order valence-electron chi connectivity index (χ1n) is 9.80. The van der Waals surface area contributed by atoms with Gasteiger partial charge < -0.3 is 15.3 Å². The first kappa shape index (κ1) is 22.7. The zero-order chi connectivity index (χ0) is 21.1. The van der Waals surface area contributed by atoms with Crippen LogP contribution in [-0.2, 0) is 9.84 Å². The van der Waals surface area contributed by atoms with Crippen molar-refractivity contribution in [2.75, 3.05) is 12.4 Å². The van der Waals surface area contributed by atoms with Crippen LogP contribution in [0.1, 0.15) is 56.2 Å². The van der Waals surface area contributed by atoms with Crippen molar-refractivity contribution in [2.45, 2.75) is 64.7 Å². The lowest BCUT2D eigenvalue weighted by atomic mass is 9.93. The summed E-state index contributed by atoms with van der Waals surface area (Å²) >= 11 is 0. The second kappa shape index (κ2) is 9.25. The zero-order valence-electron chi connectivity index (χ0n) is 17.2. The minimum atomic E-state index is -3.43. The van der Waals surface area contributed by atoms with E-state index in [9.17, 15) is 23.7 Å². The second-order valence-electron chi connectivity index (χ2n) is 7.84. The van der Waals surface area contributed by atoms with Crippen LogP contribution in [0.3, 0.4) is 0 Å². The van der Waals surface area contributed by atoms with Crippen molar-refractivity contribution >= 4 is 15.9 Å². The minimum absolute atomic E-state index is 0.0562. The molecule has 0 saturated heterocycles. The summed E-state index contributed by atoms with van der Waals surface area (Å²) in [6.07, 6.45) is 3.60. The summed E-state index contributed by atoms with van der Waals surface area (Å²) in [5, 5.41) is 29.2. The summed E-state index contributed by atoms with van der Waals surface area (Å²) in [5.41, 5.74) is 4.95. The third-order valence-corrected chi connectivity index (χ3v) is 7.40. The van der Waals surface area contributed by atoms with Gasteiger partial charge in [0.05, 0.1) is 18.5 Å². The largest absolute Gasteiger partial charge is 0.507 e. The number of phenols is 1. The molecule has 1 aromatic carbocycles. The van der Waals surface area contributed by atoms with Crippen molar-refractivity contribution in [3.8, 4) is 5.75 Å². The highest BCUT2D eigenvalue weighted by Crippen LogP contribution is 2.34. The number of allylic oxidation sites excluding steroid dienone is 1. The molecule has 0 amide bonds. The number of sulfone groups is 1. The molecule has 0 aromatic heterocycles. The van der Waals surface area contributed by atoms with Gasteiger partial charge in [0.1, 0.15) is 11.0 Å². The molecule has 1 aliphatic rings. The molecular formula is C22H32O5S. The van der Waals surface area contributed by atoms with Crippen molar-refractivity contribution in [3.63, 3.8) is 0 Å². The summed E-state index contributed by atoms with van der Waals surface area (Å²) < 4.78 is 24.6. The number of aryl methyl sites for hydroxylation is 2. The van der Waals surface area contributed by atoms with Crippen LogP contribution in [0.2, 0.25) is 0 Å². The number of aromatic hydroxyl groups is 1. The average Bonchev–Trinajstić information content (AvgIpc) is 2.87. The number of aliphatic hydroxyl groups excluding tert-OH is 2. The van der Waals surface area contributed by atoms with Crippen LogP contribution in [-0.4, -0.2) is 47.5 Å². The quantitative estimate of drug-likeness (QED) is 0.573. The van der Waals surface area contributed by atoms with Gasteiger partial charge in [-0.25, -0.2) is 8.42 Å². The Bertz CT molecular complexity index is 857. The first-order valence-corrected chi connectivity index (χ1v) is 11.5. The van der Waals surface area contributed by atoms with E-state index in [0.717, 1.165) is 34.3 Å². The fraction of sp³-hybridized carbons (Fsp3) is 0.545.